The lowest BCUT2D eigenvalue weighted by Crippen LogP contribution is -2.44. The minimum Gasteiger partial charge on any atom is -0.356 e. The van der Waals surface area contributed by atoms with Gasteiger partial charge >= 0.3 is 0 Å². The minimum atomic E-state index is 0.823. The van der Waals surface area contributed by atoms with Gasteiger partial charge in [0.15, 0.2) is 5.58 Å². The van der Waals surface area contributed by atoms with Gasteiger partial charge in [0.25, 0.3) is 0 Å². The van der Waals surface area contributed by atoms with E-state index in [2.05, 4.69) is 15.4 Å². The highest BCUT2D eigenvalue weighted by Crippen LogP contribution is 2.31. The summed E-state index contributed by atoms with van der Waals surface area (Å²) in [6.45, 7) is 9.42. The summed E-state index contributed by atoms with van der Waals surface area (Å²) in [5.41, 5.74) is 4.00. The highest BCUT2D eigenvalue weighted by molar-refractivity contribution is 6.33. The van der Waals surface area contributed by atoms with Gasteiger partial charge in [-0.2, -0.15) is 0 Å². The maximum absolute atomic E-state index is 6.35. The zero-order chi connectivity index (χ0) is 14.1. The zero-order valence-corrected chi connectivity index (χ0v) is 12.8. The molecule has 1 fully saturated rings. The van der Waals surface area contributed by atoms with Gasteiger partial charge in [-0.3, -0.25) is 0 Å². The fourth-order valence-electron chi connectivity index (χ4n) is 2.87. The maximum atomic E-state index is 6.35. The molecule has 0 spiro atoms. The largest absolute Gasteiger partial charge is 0.356 e. The Morgan fingerprint density at radius 1 is 1.35 bits per heavy atom. The summed E-state index contributed by atoms with van der Waals surface area (Å²) in [5.74, 6) is 0. The summed E-state index contributed by atoms with van der Waals surface area (Å²) >= 11 is 6.35. The molecule has 0 unspecified atom stereocenters. The fourth-order valence-corrected chi connectivity index (χ4v) is 3.02. The molecule has 0 aliphatic carbocycles. The number of benzene rings is 1. The smallest absolute Gasteiger partial charge is 0.167 e. The van der Waals surface area contributed by atoms with E-state index in [0.29, 0.717) is 0 Å². The molecule has 0 radical (unpaired) electrons. The lowest BCUT2D eigenvalue weighted by molar-refractivity contribution is 0.242. The first-order valence-corrected chi connectivity index (χ1v) is 7.51. The highest BCUT2D eigenvalue weighted by Gasteiger charge is 2.16. The molecule has 0 bridgehead atoms. The van der Waals surface area contributed by atoms with Gasteiger partial charge in [0, 0.05) is 49.6 Å². The van der Waals surface area contributed by atoms with Crippen molar-refractivity contribution in [1.29, 1.82) is 0 Å². The highest BCUT2D eigenvalue weighted by atomic mass is 35.5. The van der Waals surface area contributed by atoms with Gasteiger partial charge in [0.1, 0.15) is 0 Å². The summed E-state index contributed by atoms with van der Waals surface area (Å²) in [7, 11) is 0. The molecule has 1 aliphatic rings. The van der Waals surface area contributed by atoms with Crippen LogP contribution >= 0.6 is 11.6 Å². The molecule has 0 amide bonds. The summed E-state index contributed by atoms with van der Waals surface area (Å²) in [4.78, 5) is 2.46. The normalized spacial score (nSPS) is 16.9. The molecule has 108 valence electrons. The quantitative estimate of drug-likeness (QED) is 0.944. The molecule has 3 rings (SSSR count). The van der Waals surface area contributed by atoms with Gasteiger partial charge in [0.2, 0.25) is 0 Å². The molecule has 1 N–H and O–H groups in total. The molecule has 0 saturated carbocycles. The van der Waals surface area contributed by atoms with Gasteiger partial charge in [-0.1, -0.05) is 16.8 Å². The van der Waals surface area contributed by atoms with Gasteiger partial charge in [-0.05, 0) is 31.0 Å². The summed E-state index contributed by atoms with van der Waals surface area (Å²) in [6, 6.07) is 1.98. The van der Waals surface area contributed by atoms with Crippen LogP contribution in [-0.4, -0.2) is 42.8 Å². The number of piperazine rings is 1. The Kier molecular flexibility index (Phi) is 3.96. The Balaban J connectivity index is 1.83. The molecular formula is C15H20ClN3O. The Morgan fingerprint density at radius 2 is 2.10 bits per heavy atom. The molecular weight excluding hydrogens is 274 g/mol. The summed E-state index contributed by atoms with van der Waals surface area (Å²) < 4.78 is 5.47. The second-order valence-corrected chi connectivity index (χ2v) is 5.85. The number of nitrogens with zero attached hydrogens (tertiary/aromatic N) is 2. The summed E-state index contributed by atoms with van der Waals surface area (Å²) in [5, 5.41) is 9.53. The van der Waals surface area contributed by atoms with E-state index in [-0.39, 0.29) is 0 Å². The van der Waals surface area contributed by atoms with Crippen molar-refractivity contribution < 1.29 is 4.52 Å². The van der Waals surface area contributed by atoms with Crippen LogP contribution in [0.2, 0.25) is 5.02 Å². The molecule has 2 heterocycles. The average molecular weight is 294 g/mol. The second-order valence-electron chi connectivity index (χ2n) is 5.48. The number of aryl methyl sites for hydroxylation is 2. The van der Waals surface area contributed by atoms with E-state index < -0.39 is 0 Å². The molecule has 20 heavy (non-hydrogen) atoms. The third-order valence-electron chi connectivity index (χ3n) is 4.06. The van der Waals surface area contributed by atoms with Crippen LogP contribution in [0.5, 0.6) is 0 Å². The Hall–Kier alpha value is -1.10. The SMILES string of the molecule is Cc1cc2onc(CCN3CCNCC3)c2c(C)c1Cl. The third-order valence-corrected chi connectivity index (χ3v) is 4.64. The molecule has 1 aromatic carbocycles. The predicted molar refractivity (Wildman–Crippen MR) is 81.5 cm³/mol. The van der Waals surface area contributed by atoms with Crippen molar-refractivity contribution in [3.63, 3.8) is 0 Å². The van der Waals surface area contributed by atoms with Crippen molar-refractivity contribution in [1.82, 2.24) is 15.4 Å². The molecule has 2 aromatic rings. The van der Waals surface area contributed by atoms with Crippen LogP contribution in [0.1, 0.15) is 16.8 Å². The topological polar surface area (TPSA) is 41.3 Å². The van der Waals surface area contributed by atoms with E-state index in [1.54, 1.807) is 0 Å². The van der Waals surface area contributed by atoms with Crippen LogP contribution < -0.4 is 5.32 Å². The standard InChI is InChI=1S/C15H20ClN3O/c1-10-9-13-14(11(2)15(10)16)12(18-20-13)3-6-19-7-4-17-5-8-19/h9,17H,3-8H2,1-2H3. The van der Waals surface area contributed by atoms with Crippen molar-refractivity contribution in [2.24, 2.45) is 0 Å². The minimum absolute atomic E-state index is 0.823. The van der Waals surface area contributed by atoms with E-state index in [1.165, 1.54) is 0 Å². The molecule has 1 aliphatic heterocycles. The van der Waals surface area contributed by atoms with E-state index >= 15 is 0 Å². The number of fused-ring (bicyclic) bond motifs is 1. The number of rotatable bonds is 3. The second kappa shape index (κ2) is 5.72. The number of hydrogen-bond acceptors (Lipinski definition) is 4. The van der Waals surface area contributed by atoms with Crippen LogP contribution in [-0.2, 0) is 6.42 Å². The molecule has 1 saturated heterocycles. The third kappa shape index (κ3) is 2.55. The van der Waals surface area contributed by atoms with E-state index in [0.717, 1.165) is 72.0 Å². The van der Waals surface area contributed by atoms with Gasteiger partial charge < -0.3 is 14.7 Å². The van der Waals surface area contributed by atoms with E-state index in [9.17, 15) is 0 Å². The van der Waals surface area contributed by atoms with Crippen molar-refractivity contribution in [2.75, 3.05) is 32.7 Å². The number of hydrogen-bond donors (Lipinski definition) is 1. The Morgan fingerprint density at radius 3 is 2.85 bits per heavy atom. The van der Waals surface area contributed by atoms with Crippen molar-refractivity contribution in [3.05, 3.63) is 27.9 Å². The van der Waals surface area contributed by atoms with E-state index in [1.807, 2.05) is 19.9 Å². The number of halogens is 1. The average Bonchev–Trinajstić information content (AvgIpc) is 2.87. The lowest BCUT2D eigenvalue weighted by Gasteiger charge is -2.26. The molecule has 4 nitrogen and oxygen atoms in total. The monoisotopic (exact) mass is 293 g/mol. The van der Waals surface area contributed by atoms with Crippen LogP contribution in [0.4, 0.5) is 0 Å². The first-order valence-electron chi connectivity index (χ1n) is 7.14. The van der Waals surface area contributed by atoms with Crippen molar-refractivity contribution in [2.45, 2.75) is 20.3 Å². The van der Waals surface area contributed by atoms with Crippen molar-refractivity contribution >= 4 is 22.6 Å². The number of nitrogens with one attached hydrogen (secondary N) is 1. The first-order chi connectivity index (χ1) is 9.66. The van der Waals surface area contributed by atoms with Gasteiger partial charge in [-0.15, -0.1) is 0 Å². The summed E-state index contributed by atoms with van der Waals surface area (Å²) in [6.07, 6.45) is 0.910. The van der Waals surface area contributed by atoms with Gasteiger partial charge in [0.05, 0.1) is 5.69 Å². The Labute approximate surface area is 124 Å². The van der Waals surface area contributed by atoms with Crippen LogP contribution in [0.3, 0.4) is 0 Å². The maximum Gasteiger partial charge on any atom is 0.167 e. The molecule has 5 heteroatoms. The Bertz CT molecular complexity index is 617. The van der Waals surface area contributed by atoms with Crippen LogP contribution in [0.15, 0.2) is 10.6 Å². The predicted octanol–water partition coefficient (Wildman–Crippen LogP) is 2.55. The van der Waals surface area contributed by atoms with E-state index in [4.69, 9.17) is 16.1 Å². The fraction of sp³-hybridized carbons (Fsp3) is 0.533. The van der Waals surface area contributed by atoms with Crippen molar-refractivity contribution in [3.8, 4) is 0 Å². The van der Waals surface area contributed by atoms with Crippen LogP contribution in [0.25, 0.3) is 11.0 Å². The van der Waals surface area contributed by atoms with Gasteiger partial charge in [-0.25, -0.2) is 0 Å². The molecule has 0 atom stereocenters. The number of aromatic nitrogens is 1. The first kappa shape index (κ1) is 13.9. The lowest BCUT2D eigenvalue weighted by atomic mass is 10.0. The van der Waals surface area contributed by atoms with Crippen LogP contribution in [0, 0.1) is 13.8 Å². The molecule has 1 aromatic heterocycles. The zero-order valence-electron chi connectivity index (χ0n) is 12.0.